The standard InChI is InChI=1S/C13H14BrNO3/c14-10-3-1-2-9(6-10)11(7-12(16)17)15-13(18)8-4-5-8/h1-3,6,8,11H,4-5,7H2,(H,15,18)(H,16,17). The van der Waals surface area contributed by atoms with Gasteiger partial charge in [0.25, 0.3) is 0 Å². The van der Waals surface area contributed by atoms with Gasteiger partial charge in [-0.3, -0.25) is 9.59 Å². The molecule has 96 valence electrons. The number of carbonyl (C=O) groups is 2. The van der Waals surface area contributed by atoms with E-state index in [1.807, 2.05) is 24.3 Å². The van der Waals surface area contributed by atoms with E-state index in [0.717, 1.165) is 22.9 Å². The number of rotatable bonds is 5. The lowest BCUT2D eigenvalue weighted by Crippen LogP contribution is -2.31. The van der Waals surface area contributed by atoms with Gasteiger partial charge in [-0.05, 0) is 30.5 Å². The van der Waals surface area contributed by atoms with Gasteiger partial charge in [0.1, 0.15) is 0 Å². The Bertz CT molecular complexity index is 471. The molecule has 1 aliphatic rings. The van der Waals surface area contributed by atoms with E-state index in [-0.39, 0.29) is 18.2 Å². The van der Waals surface area contributed by atoms with Crippen molar-refractivity contribution in [3.63, 3.8) is 0 Å². The molecule has 18 heavy (non-hydrogen) atoms. The van der Waals surface area contributed by atoms with Crippen molar-refractivity contribution in [3.8, 4) is 0 Å². The maximum absolute atomic E-state index is 11.7. The van der Waals surface area contributed by atoms with Gasteiger partial charge in [0.05, 0.1) is 12.5 Å². The van der Waals surface area contributed by atoms with E-state index in [9.17, 15) is 9.59 Å². The van der Waals surface area contributed by atoms with E-state index in [0.29, 0.717) is 0 Å². The second-order valence-electron chi connectivity index (χ2n) is 4.49. The van der Waals surface area contributed by atoms with Crippen molar-refractivity contribution in [1.82, 2.24) is 5.32 Å². The highest BCUT2D eigenvalue weighted by Crippen LogP contribution is 2.30. The zero-order valence-corrected chi connectivity index (χ0v) is 11.3. The molecule has 1 fully saturated rings. The normalized spacial score (nSPS) is 16.1. The molecule has 2 rings (SSSR count). The topological polar surface area (TPSA) is 66.4 Å². The predicted molar refractivity (Wildman–Crippen MR) is 70.0 cm³/mol. The van der Waals surface area contributed by atoms with Crippen LogP contribution < -0.4 is 5.32 Å². The number of aliphatic carboxylic acids is 1. The van der Waals surface area contributed by atoms with E-state index in [1.165, 1.54) is 0 Å². The number of hydrogen-bond acceptors (Lipinski definition) is 2. The van der Waals surface area contributed by atoms with Crippen molar-refractivity contribution >= 4 is 27.8 Å². The fraction of sp³-hybridized carbons (Fsp3) is 0.385. The monoisotopic (exact) mass is 311 g/mol. The van der Waals surface area contributed by atoms with Crippen molar-refractivity contribution in [2.75, 3.05) is 0 Å². The van der Waals surface area contributed by atoms with Crippen LogP contribution in [0.25, 0.3) is 0 Å². The van der Waals surface area contributed by atoms with Crippen molar-refractivity contribution in [1.29, 1.82) is 0 Å². The molecule has 0 aromatic heterocycles. The minimum absolute atomic E-state index is 0.0405. The Morgan fingerprint density at radius 2 is 2.17 bits per heavy atom. The molecule has 5 heteroatoms. The van der Waals surface area contributed by atoms with Gasteiger partial charge < -0.3 is 10.4 Å². The summed E-state index contributed by atoms with van der Waals surface area (Å²) >= 11 is 3.34. The first-order chi connectivity index (χ1) is 8.56. The van der Waals surface area contributed by atoms with Gasteiger partial charge >= 0.3 is 5.97 Å². The van der Waals surface area contributed by atoms with Gasteiger partial charge in [0, 0.05) is 10.4 Å². The Hall–Kier alpha value is -1.36. The van der Waals surface area contributed by atoms with Gasteiger partial charge in [0.2, 0.25) is 5.91 Å². The fourth-order valence-electron chi connectivity index (χ4n) is 1.79. The number of nitrogens with one attached hydrogen (secondary N) is 1. The van der Waals surface area contributed by atoms with Gasteiger partial charge in [-0.15, -0.1) is 0 Å². The molecular formula is C13H14BrNO3. The number of halogens is 1. The summed E-state index contributed by atoms with van der Waals surface area (Å²) in [5.41, 5.74) is 0.806. The Labute approximate surface area is 114 Å². The summed E-state index contributed by atoms with van der Waals surface area (Å²) in [6.45, 7) is 0. The average molecular weight is 312 g/mol. The van der Waals surface area contributed by atoms with Gasteiger partial charge in [0.15, 0.2) is 0 Å². The first kappa shape index (κ1) is 13.1. The largest absolute Gasteiger partial charge is 0.481 e. The maximum atomic E-state index is 11.7. The van der Waals surface area contributed by atoms with Crippen LogP contribution >= 0.6 is 15.9 Å². The molecule has 4 nitrogen and oxygen atoms in total. The lowest BCUT2D eigenvalue weighted by Gasteiger charge is -2.17. The minimum Gasteiger partial charge on any atom is -0.481 e. The van der Waals surface area contributed by atoms with Crippen molar-refractivity contribution in [3.05, 3.63) is 34.3 Å². The number of amides is 1. The lowest BCUT2D eigenvalue weighted by atomic mass is 10.0. The highest BCUT2D eigenvalue weighted by atomic mass is 79.9. The van der Waals surface area contributed by atoms with E-state index in [4.69, 9.17) is 5.11 Å². The molecule has 1 aliphatic carbocycles. The molecule has 0 radical (unpaired) electrons. The number of benzene rings is 1. The lowest BCUT2D eigenvalue weighted by molar-refractivity contribution is -0.137. The maximum Gasteiger partial charge on any atom is 0.305 e. The smallest absolute Gasteiger partial charge is 0.305 e. The first-order valence-corrected chi connectivity index (χ1v) is 6.63. The Balaban J connectivity index is 2.12. The Kier molecular flexibility index (Phi) is 4.01. The summed E-state index contributed by atoms with van der Waals surface area (Å²) in [4.78, 5) is 22.6. The minimum atomic E-state index is -0.920. The molecule has 0 spiro atoms. The van der Waals surface area contributed by atoms with Crippen molar-refractivity contribution < 1.29 is 14.7 Å². The van der Waals surface area contributed by atoms with Crippen LogP contribution in [0.5, 0.6) is 0 Å². The van der Waals surface area contributed by atoms with E-state index < -0.39 is 12.0 Å². The number of carbonyl (C=O) groups excluding carboxylic acids is 1. The fourth-order valence-corrected chi connectivity index (χ4v) is 2.20. The van der Waals surface area contributed by atoms with Crippen LogP contribution in [0, 0.1) is 5.92 Å². The molecule has 1 unspecified atom stereocenters. The molecule has 0 bridgehead atoms. The highest BCUT2D eigenvalue weighted by Gasteiger charge is 2.31. The highest BCUT2D eigenvalue weighted by molar-refractivity contribution is 9.10. The van der Waals surface area contributed by atoms with Crippen LogP contribution in [0.4, 0.5) is 0 Å². The molecule has 0 heterocycles. The zero-order valence-electron chi connectivity index (χ0n) is 9.73. The summed E-state index contributed by atoms with van der Waals surface area (Å²) in [5, 5.41) is 11.7. The average Bonchev–Trinajstić information content (AvgIpc) is 3.11. The van der Waals surface area contributed by atoms with E-state index in [2.05, 4.69) is 21.2 Å². The summed E-state index contributed by atoms with van der Waals surface area (Å²) in [7, 11) is 0. The quantitative estimate of drug-likeness (QED) is 0.878. The summed E-state index contributed by atoms with van der Waals surface area (Å²) in [6.07, 6.45) is 1.71. The zero-order chi connectivity index (χ0) is 13.1. The van der Waals surface area contributed by atoms with Gasteiger partial charge in [-0.2, -0.15) is 0 Å². The van der Waals surface area contributed by atoms with Crippen LogP contribution in [0.2, 0.25) is 0 Å². The van der Waals surface area contributed by atoms with Gasteiger partial charge in [-0.25, -0.2) is 0 Å². The third-order valence-electron chi connectivity index (χ3n) is 2.89. The Morgan fingerprint density at radius 3 is 2.72 bits per heavy atom. The summed E-state index contributed by atoms with van der Waals surface area (Å²) in [5.74, 6) is -0.884. The third kappa shape index (κ3) is 3.57. The van der Waals surface area contributed by atoms with Crippen LogP contribution in [0.15, 0.2) is 28.7 Å². The predicted octanol–water partition coefficient (Wildman–Crippen LogP) is 2.49. The second kappa shape index (κ2) is 5.52. The molecule has 1 aromatic rings. The molecular weight excluding hydrogens is 298 g/mol. The van der Waals surface area contributed by atoms with Crippen LogP contribution in [0.3, 0.4) is 0 Å². The van der Waals surface area contributed by atoms with Crippen molar-refractivity contribution in [2.45, 2.75) is 25.3 Å². The van der Waals surface area contributed by atoms with Gasteiger partial charge in [-0.1, -0.05) is 28.1 Å². The molecule has 0 saturated heterocycles. The van der Waals surface area contributed by atoms with Crippen LogP contribution in [-0.4, -0.2) is 17.0 Å². The molecule has 2 N–H and O–H groups in total. The molecule has 1 atom stereocenters. The molecule has 0 aliphatic heterocycles. The SMILES string of the molecule is O=C(O)CC(NC(=O)C1CC1)c1cccc(Br)c1. The number of carboxylic acid groups (broad SMARTS) is 1. The van der Waals surface area contributed by atoms with Crippen LogP contribution in [0.1, 0.15) is 30.9 Å². The third-order valence-corrected chi connectivity index (χ3v) is 3.39. The molecule has 1 aromatic carbocycles. The Morgan fingerprint density at radius 1 is 1.44 bits per heavy atom. The number of carboxylic acids is 1. The van der Waals surface area contributed by atoms with Crippen molar-refractivity contribution in [2.24, 2.45) is 5.92 Å². The molecule has 1 amide bonds. The second-order valence-corrected chi connectivity index (χ2v) is 5.40. The number of hydrogen-bond donors (Lipinski definition) is 2. The molecule has 1 saturated carbocycles. The van der Waals surface area contributed by atoms with E-state index >= 15 is 0 Å². The summed E-state index contributed by atoms with van der Waals surface area (Å²) in [6, 6.07) is 6.89. The van der Waals surface area contributed by atoms with Crippen LogP contribution in [-0.2, 0) is 9.59 Å². The van der Waals surface area contributed by atoms with E-state index in [1.54, 1.807) is 0 Å². The first-order valence-electron chi connectivity index (χ1n) is 5.84. The summed E-state index contributed by atoms with van der Waals surface area (Å²) < 4.78 is 0.871.